The summed E-state index contributed by atoms with van der Waals surface area (Å²) in [6.45, 7) is 8.08. The molecular weight excluding hydrogens is 376 g/mol. The van der Waals surface area contributed by atoms with Gasteiger partial charge in [0, 0.05) is 17.7 Å². The van der Waals surface area contributed by atoms with E-state index in [2.05, 4.69) is 35.3 Å². The average Bonchev–Trinajstić information content (AvgIpc) is 3.12. The molecule has 3 rings (SSSR count). The Labute approximate surface area is 178 Å². The minimum Gasteiger partial charge on any atom is -0.460 e. The molecule has 0 aliphatic rings. The summed E-state index contributed by atoms with van der Waals surface area (Å²) in [5.41, 5.74) is 3.73. The van der Waals surface area contributed by atoms with Gasteiger partial charge in [-0.25, -0.2) is 4.68 Å². The van der Waals surface area contributed by atoms with Crippen molar-refractivity contribution in [2.24, 2.45) is 0 Å². The third kappa shape index (κ3) is 5.47. The fourth-order valence-corrected chi connectivity index (χ4v) is 3.18. The fraction of sp³-hybridized carbons (Fsp3) is 0.375. The van der Waals surface area contributed by atoms with E-state index in [9.17, 15) is 4.79 Å². The second-order valence-electron chi connectivity index (χ2n) is 7.66. The van der Waals surface area contributed by atoms with Crippen molar-refractivity contribution in [3.8, 4) is 23.1 Å². The van der Waals surface area contributed by atoms with Gasteiger partial charge in [-0.15, -0.1) is 5.10 Å². The first kappa shape index (κ1) is 21.6. The van der Waals surface area contributed by atoms with Crippen LogP contribution in [0.25, 0.3) is 17.1 Å². The lowest BCUT2D eigenvalue weighted by atomic mass is 10.1. The van der Waals surface area contributed by atoms with Gasteiger partial charge in [0.1, 0.15) is 0 Å². The quantitative estimate of drug-likeness (QED) is 0.473. The molecule has 0 saturated carbocycles. The predicted octanol–water partition coefficient (Wildman–Crippen LogP) is 5.55. The van der Waals surface area contributed by atoms with Crippen molar-refractivity contribution < 1.29 is 9.53 Å². The molecule has 0 bridgehead atoms. The van der Waals surface area contributed by atoms with E-state index >= 15 is 0 Å². The Morgan fingerprint density at radius 2 is 1.83 bits per heavy atom. The number of ether oxygens (including phenoxy) is 1. The van der Waals surface area contributed by atoms with E-state index in [0.717, 1.165) is 47.6 Å². The summed E-state index contributed by atoms with van der Waals surface area (Å²) in [6.07, 6.45) is 3.62. The molecule has 0 unspecified atom stereocenters. The molecule has 3 aromatic rings. The van der Waals surface area contributed by atoms with Crippen molar-refractivity contribution in [3.05, 3.63) is 54.1 Å². The number of nitrogens with one attached hydrogen (secondary N) is 1. The molecule has 6 nitrogen and oxygen atoms in total. The van der Waals surface area contributed by atoms with Crippen LogP contribution >= 0.6 is 0 Å². The highest BCUT2D eigenvalue weighted by Crippen LogP contribution is 2.27. The van der Waals surface area contributed by atoms with Crippen LogP contribution in [0.5, 0.6) is 6.01 Å². The van der Waals surface area contributed by atoms with E-state index < -0.39 is 0 Å². The topological polar surface area (TPSA) is 69.0 Å². The van der Waals surface area contributed by atoms with E-state index in [1.807, 2.05) is 56.3 Å². The molecular formula is C24H30N4O2. The smallest absolute Gasteiger partial charge is 0.336 e. The molecule has 0 atom stereocenters. The van der Waals surface area contributed by atoms with Gasteiger partial charge in [0.05, 0.1) is 11.8 Å². The van der Waals surface area contributed by atoms with Gasteiger partial charge in [0.15, 0.2) is 5.82 Å². The molecule has 0 spiro atoms. The fourth-order valence-electron chi connectivity index (χ4n) is 3.18. The van der Waals surface area contributed by atoms with Gasteiger partial charge in [-0.2, -0.15) is 4.98 Å². The Kier molecular flexibility index (Phi) is 7.22. The number of amides is 1. The molecule has 0 fully saturated rings. The predicted molar refractivity (Wildman–Crippen MR) is 120 cm³/mol. The number of rotatable bonds is 9. The zero-order valence-electron chi connectivity index (χ0n) is 18.2. The molecule has 2 aromatic carbocycles. The second-order valence-corrected chi connectivity index (χ2v) is 7.66. The first-order chi connectivity index (χ1) is 14.5. The van der Waals surface area contributed by atoms with Crippen molar-refractivity contribution in [2.45, 2.75) is 59.5 Å². The van der Waals surface area contributed by atoms with Crippen LogP contribution < -0.4 is 10.1 Å². The van der Waals surface area contributed by atoms with Gasteiger partial charge in [-0.1, -0.05) is 44.0 Å². The zero-order chi connectivity index (χ0) is 21.5. The summed E-state index contributed by atoms with van der Waals surface area (Å²) in [5, 5.41) is 7.53. The minimum absolute atomic E-state index is 0.0177. The summed E-state index contributed by atoms with van der Waals surface area (Å²) >= 11 is 0. The van der Waals surface area contributed by atoms with Crippen LogP contribution in [-0.2, 0) is 4.79 Å². The van der Waals surface area contributed by atoms with Crippen LogP contribution in [0.2, 0.25) is 0 Å². The summed E-state index contributed by atoms with van der Waals surface area (Å²) < 4.78 is 7.53. The standard InChI is InChI=1S/C24H30N4O2/c1-5-6-7-12-22(29)25-19-13-15-20(16-14-19)28-23(21-11-9-8-10-18(21)4)26-24(27-28)30-17(2)3/h8-11,13-17H,5-7,12H2,1-4H3,(H,25,29). The SMILES string of the molecule is CCCCCC(=O)Nc1ccc(-n2nc(OC(C)C)nc2-c2ccccc2C)cc1. The van der Waals surface area contributed by atoms with Crippen molar-refractivity contribution in [1.29, 1.82) is 0 Å². The van der Waals surface area contributed by atoms with Crippen LogP contribution in [0.4, 0.5) is 5.69 Å². The number of carbonyl (C=O) groups excluding carboxylic acids is 1. The number of anilines is 1. The third-order valence-corrected chi connectivity index (χ3v) is 4.72. The first-order valence-electron chi connectivity index (χ1n) is 10.6. The monoisotopic (exact) mass is 406 g/mol. The Balaban J connectivity index is 1.86. The average molecular weight is 407 g/mol. The highest BCUT2D eigenvalue weighted by atomic mass is 16.5. The Morgan fingerprint density at radius 3 is 2.50 bits per heavy atom. The zero-order valence-corrected chi connectivity index (χ0v) is 18.2. The Hall–Kier alpha value is -3.15. The maximum absolute atomic E-state index is 12.1. The maximum atomic E-state index is 12.1. The van der Waals surface area contributed by atoms with E-state index in [0.29, 0.717) is 12.4 Å². The third-order valence-electron chi connectivity index (χ3n) is 4.72. The van der Waals surface area contributed by atoms with Gasteiger partial charge < -0.3 is 10.1 Å². The van der Waals surface area contributed by atoms with E-state index in [1.54, 1.807) is 4.68 Å². The molecule has 158 valence electrons. The van der Waals surface area contributed by atoms with Gasteiger partial charge >= 0.3 is 6.01 Å². The van der Waals surface area contributed by atoms with Crippen LogP contribution in [-0.4, -0.2) is 26.8 Å². The molecule has 1 N–H and O–H groups in total. The lowest BCUT2D eigenvalue weighted by molar-refractivity contribution is -0.116. The molecule has 0 saturated heterocycles. The summed E-state index contributed by atoms with van der Waals surface area (Å²) in [5.74, 6) is 0.769. The maximum Gasteiger partial charge on any atom is 0.336 e. The lowest BCUT2D eigenvalue weighted by Gasteiger charge is -2.09. The molecule has 0 aliphatic heterocycles. The number of carbonyl (C=O) groups is 1. The van der Waals surface area contributed by atoms with Crippen molar-refractivity contribution in [2.75, 3.05) is 5.32 Å². The Bertz CT molecular complexity index is 977. The van der Waals surface area contributed by atoms with Gasteiger partial charge in [-0.05, 0) is 57.0 Å². The summed E-state index contributed by atoms with van der Waals surface area (Å²) in [4.78, 5) is 16.7. The van der Waals surface area contributed by atoms with Gasteiger partial charge in [-0.3, -0.25) is 4.79 Å². The summed E-state index contributed by atoms with van der Waals surface area (Å²) in [7, 11) is 0. The van der Waals surface area contributed by atoms with Crippen LogP contribution in [0, 0.1) is 6.92 Å². The molecule has 0 aliphatic carbocycles. The normalized spacial score (nSPS) is 11.0. The summed E-state index contributed by atoms with van der Waals surface area (Å²) in [6, 6.07) is 16.0. The molecule has 1 amide bonds. The number of hydrogen-bond donors (Lipinski definition) is 1. The van der Waals surface area contributed by atoms with Crippen LogP contribution in [0.15, 0.2) is 48.5 Å². The highest BCUT2D eigenvalue weighted by molar-refractivity contribution is 5.90. The van der Waals surface area contributed by atoms with E-state index in [1.165, 1.54) is 0 Å². The van der Waals surface area contributed by atoms with Gasteiger partial charge in [0.25, 0.3) is 0 Å². The molecule has 0 radical (unpaired) electrons. The number of nitrogens with zero attached hydrogens (tertiary/aromatic N) is 3. The highest BCUT2D eigenvalue weighted by Gasteiger charge is 2.17. The minimum atomic E-state index is -0.0177. The van der Waals surface area contributed by atoms with Crippen molar-refractivity contribution in [1.82, 2.24) is 14.8 Å². The van der Waals surface area contributed by atoms with Crippen molar-refractivity contribution >= 4 is 11.6 Å². The molecule has 1 aromatic heterocycles. The Morgan fingerprint density at radius 1 is 1.10 bits per heavy atom. The van der Waals surface area contributed by atoms with Crippen LogP contribution in [0.3, 0.4) is 0 Å². The molecule has 30 heavy (non-hydrogen) atoms. The first-order valence-corrected chi connectivity index (χ1v) is 10.6. The molecule has 1 heterocycles. The van der Waals surface area contributed by atoms with Crippen LogP contribution in [0.1, 0.15) is 52.0 Å². The number of unbranched alkanes of at least 4 members (excludes halogenated alkanes) is 2. The second kappa shape index (κ2) is 10.1. The van der Waals surface area contributed by atoms with Gasteiger partial charge in [0.2, 0.25) is 5.91 Å². The van der Waals surface area contributed by atoms with E-state index in [-0.39, 0.29) is 12.0 Å². The van der Waals surface area contributed by atoms with Crippen molar-refractivity contribution in [3.63, 3.8) is 0 Å². The number of benzene rings is 2. The number of hydrogen-bond acceptors (Lipinski definition) is 4. The van der Waals surface area contributed by atoms with E-state index in [4.69, 9.17) is 4.74 Å². The number of aryl methyl sites for hydroxylation is 1. The number of aromatic nitrogens is 3. The largest absolute Gasteiger partial charge is 0.460 e. The molecule has 6 heteroatoms. The lowest BCUT2D eigenvalue weighted by Crippen LogP contribution is -2.11.